The van der Waals surface area contributed by atoms with Crippen molar-refractivity contribution in [3.8, 4) is 0 Å². The van der Waals surface area contributed by atoms with Crippen LogP contribution >= 0.6 is 0 Å². The molecule has 4 atom stereocenters. The van der Waals surface area contributed by atoms with Crippen LogP contribution in [0.3, 0.4) is 0 Å². The largest absolute Gasteiger partial charge is 0.313 e. The van der Waals surface area contributed by atoms with Crippen LogP contribution in [-0.2, 0) is 0 Å². The third kappa shape index (κ3) is 3.95. The van der Waals surface area contributed by atoms with Crippen LogP contribution in [0.2, 0.25) is 0 Å². The molecule has 1 saturated heterocycles. The minimum atomic E-state index is 0.749. The average molecular weight is 266 g/mol. The van der Waals surface area contributed by atoms with E-state index in [-0.39, 0.29) is 0 Å². The molecule has 0 radical (unpaired) electrons. The van der Waals surface area contributed by atoms with Gasteiger partial charge in [-0.05, 0) is 58.0 Å². The van der Waals surface area contributed by atoms with Crippen molar-refractivity contribution in [2.45, 2.75) is 90.3 Å². The third-order valence-corrected chi connectivity index (χ3v) is 5.37. The van der Waals surface area contributed by atoms with E-state index < -0.39 is 0 Å². The maximum Gasteiger partial charge on any atom is 0.0254 e. The molecule has 1 saturated carbocycles. The van der Waals surface area contributed by atoms with Crippen LogP contribution in [0.4, 0.5) is 0 Å². The fourth-order valence-corrected chi connectivity index (χ4v) is 4.38. The Hall–Kier alpha value is -0.0800. The molecule has 0 aromatic carbocycles. The molecule has 2 fully saturated rings. The van der Waals surface area contributed by atoms with Crippen molar-refractivity contribution < 1.29 is 0 Å². The van der Waals surface area contributed by atoms with Gasteiger partial charge in [0, 0.05) is 18.1 Å². The second-order valence-corrected chi connectivity index (χ2v) is 6.78. The van der Waals surface area contributed by atoms with Gasteiger partial charge in [0.2, 0.25) is 0 Å². The van der Waals surface area contributed by atoms with Gasteiger partial charge in [-0.2, -0.15) is 0 Å². The zero-order valence-corrected chi connectivity index (χ0v) is 13.3. The molecule has 1 heterocycles. The number of likely N-dealkylation sites (tertiary alicyclic amines) is 1. The first-order valence-electron chi connectivity index (χ1n) is 8.75. The summed E-state index contributed by atoms with van der Waals surface area (Å²) in [4.78, 5) is 2.85. The molecule has 2 rings (SSSR count). The lowest BCUT2D eigenvalue weighted by atomic mass is 9.78. The van der Waals surface area contributed by atoms with Gasteiger partial charge in [0.05, 0.1) is 0 Å². The highest BCUT2D eigenvalue weighted by molar-refractivity contribution is 4.93. The Morgan fingerprint density at radius 1 is 1.11 bits per heavy atom. The number of hydrogen-bond acceptors (Lipinski definition) is 2. The normalized spacial score (nSPS) is 37.4. The molecule has 2 heteroatoms. The van der Waals surface area contributed by atoms with Gasteiger partial charge >= 0.3 is 0 Å². The lowest BCUT2D eigenvalue weighted by molar-refractivity contribution is 0.0429. The van der Waals surface area contributed by atoms with Gasteiger partial charge in [0.1, 0.15) is 0 Å². The predicted octanol–water partition coefficient (Wildman–Crippen LogP) is 3.81. The first-order chi connectivity index (χ1) is 9.26. The first kappa shape index (κ1) is 15.3. The number of piperidine rings is 1. The van der Waals surface area contributed by atoms with Gasteiger partial charge < -0.3 is 5.32 Å². The minimum Gasteiger partial charge on any atom is -0.313 e. The van der Waals surface area contributed by atoms with Crippen molar-refractivity contribution in [2.75, 3.05) is 13.1 Å². The van der Waals surface area contributed by atoms with Crippen LogP contribution in [0, 0.1) is 5.92 Å². The molecule has 1 aliphatic heterocycles. The Morgan fingerprint density at radius 2 is 1.95 bits per heavy atom. The maximum absolute atomic E-state index is 3.77. The summed E-state index contributed by atoms with van der Waals surface area (Å²) in [7, 11) is 0. The highest BCUT2D eigenvalue weighted by Crippen LogP contribution is 2.33. The van der Waals surface area contributed by atoms with Crippen LogP contribution in [0.25, 0.3) is 0 Å². The monoisotopic (exact) mass is 266 g/mol. The molecule has 1 aliphatic carbocycles. The Balaban J connectivity index is 2.01. The van der Waals surface area contributed by atoms with Gasteiger partial charge in [-0.3, -0.25) is 4.90 Å². The quantitative estimate of drug-likeness (QED) is 0.814. The van der Waals surface area contributed by atoms with E-state index in [9.17, 15) is 0 Å². The molecule has 19 heavy (non-hydrogen) atoms. The molecule has 4 unspecified atom stereocenters. The number of nitrogens with zero attached hydrogens (tertiary/aromatic N) is 1. The predicted molar refractivity (Wildman–Crippen MR) is 83.5 cm³/mol. The van der Waals surface area contributed by atoms with Crippen LogP contribution in [-0.4, -0.2) is 36.1 Å². The van der Waals surface area contributed by atoms with Crippen molar-refractivity contribution in [3.05, 3.63) is 0 Å². The van der Waals surface area contributed by atoms with Crippen molar-refractivity contribution >= 4 is 0 Å². The highest BCUT2D eigenvalue weighted by atomic mass is 15.2. The first-order valence-corrected chi connectivity index (χ1v) is 8.75. The fraction of sp³-hybridized carbons (Fsp3) is 1.00. The number of hydrogen-bond donors (Lipinski definition) is 1. The van der Waals surface area contributed by atoms with E-state index >= 15 is 0 Å². The summed E-state index contributed by atoms with van der Waals surface area (Å²) in [5.74, 6) is 0.985. The van der Waals surface area contributed by atoms with Gasteiger partial charge in [-0.25, -0.2) is 0 Å². The van der Waals surface area contributed by atoms with Crippen LogP contribution in [0.1, 0.15) is 72.1 Å². The second kappa shape index (κ2) is 7.64. The fourth-order valence-electron chi connectivity index (χ4n) is 4.38. The van der Waals surface area contributed by atoms with Gasteiger partial charge in [0.15, 0.2) is 0 Å². The lowest BCUT2D eigenvalue weighted by Gasteiger charge is -2.47. The van der Waals surface area contributed by atoms with E-state index in [1.807, 2.05) is 0 Å². The van der Waals surface area contributed by atoms with Crippen LogP contribution in [0.5, 0.6) is 0 Å². The molecular formula is C17H34N2. The van der Waals surface area contributed by atoms with Gasteiger partial charge in [0.25, 0.3) is 0 Å². The topological polar surface area (TPSA) is 15.3 Å². The van der Waals surface area contributed by atoms with Crippen molar-refractivity contribution in [2.24, 2.45) is 5.92 Å². The number of nitrogens with one attached hydrogen (secondary N) is 1. The van der Waals surface area contributed by atoms with Crippen molar-refractivity contribution in [1.82, 2.24) is 10.2 Å². The summed E-state index contributed by atoms with van der Waals surface area (Å²) in [6.45, 7) is 9.52. The summed E-state index contributed by atoms with van der Waals surface area (Å²) in [5, 5.41) is 3.77. The maximum atomic E-state index is 3.77. The summed E-state index contributed by atoms with van der Waals surface area (Å²) in [6.07, 6.45) is 11.4. The zero-order valence-electron chi connectivity index (χ0n) is 13.3. The highest BCUT2D eigenvalue weighted by Gasteiger charge is 2.36. The van der Waals surface area contributed by atoms with E-state index in [0.717, 1.165) is 30.6 Å². The Bertz CT molecular complexity index is 254. The van der Waals surface area contributed by atoms with Crippen molar-refractivity contribution in [1.29, 1.82) is 0 Å². The summed E-state index contributed by atoms with van der Waals surface area (Å²) < 4.78 is 0. The zero-order chi connectivity index (χ0) is 13.7. The second-order valence-electron chi connectivity index (χ2n) is 6.78. The standard InChI is InChI=1S/C17H34N2/c1-4-8-15-10-11-16(18-5-2)17(13-15)19-12-7-6-9-14(19)3/h14-18H,4-13H2,1-3H3. The van der Waals surface area contributed by atoms with Gasteiger partial charge in [-0.1, -0.05) is 33.1 Å². The van der Waals surface area contributed by atoms with Crippen molar-refractivity contribution in [3.63, 3.8) is 0 Å². The minimum absolute atomic E-state index is 0.749. The molecule has 0 aromatic rings. The van der Waals surface area contributed by atoms with E-state index in [0.29, 0.717) is 0 Å². The molecular weight excluding hydrogens is 232 g/mol. The molecule has 0 spiro atoms. The summed E-state index contributed by atoms with van der Waals surface area (Å²) in [6, 6.07) is 2.36. The van der Waals surface area contributed by atoms with Crippen LogP contribution < -0.4 is 5.32 Å². The Kier molecular flexibility index (Phi) is 6.15. The molecule has 1 N–H and O–H groups in total. The van der Waals surface area contributed by atoms with Crippen LogP contribution in [0.15, 0.2) is 0 Å². The summed E-state index contributed by atoms with van der Waals surface area (Å²) in [5.41, 5.74) is 0. The lowest BCUT2D eigenvalue weighted by Crippen LogP contribution is -2.56. The molecule has 0 amide bonds. The molecule has 112 valence electrons. The molecule has 0 aromatic heterocycles. The van der Waals surface area contributed by atoms with E-state index in [1.165, 1.54) is 57.9 Å². The smallest absolute Gasteiger partial charge is 0.0254 e. The number of likely N-dealkylation sites (N-methyl/N-ethyl adjacent to an activating group) is 1. The van der Waals surface area contributed by atoms with E-state index in [4.69, 9.17) is 0 Å². The Labute approximate surface area is 120 Å². The molecule has 2 aliphatic rings. The van der Waals surface area contributed by atoms with Gasteiger partial charge in [-0.15, -0.1) is 0 Å². The van der Waals surface area contributed by atoms with E-state index in [1.54, 1.807) is 0 Å². The third-order valence-electron chi connectivity index (χ3n) is 5.37. The molecule has 0 bridgehead atoms. The average Bonchev–Trinajstić information content (AvgIpc) is 2.42. The Morgan fingerprint density at radius 3 is 2.63 bits per heavy atom. The van der Waals surface area contributed by atoms with E-state index in [2.05, 4.69) is 31.0 Å². The SMILES string of the molecule is CCCC1CCC(NCC)C(N2CCCCC2C)C1. The summed E-state index contributed by atoms with van der Waals surface area (Å²) >= 11 is 0. The number of rotatable bonds is 5. The molecule has 2 nitrogen and oxygen atoms in total.